The molecule has 0 saturated carbocycles. The monoisotopic (exact) mass is 889 g/mol. The van der Waals surface area contributed by atoms with E-state index in [1.807, 2.05) is 18.2 Å². The molecule has 0 fully saturated rings. The Morgan fingerprint density at radius 3 is 0.698 bits per heavy atom. The summed E-state index contributed by atoms with van der Waals surface area (Å²) >= 11 is 0. The van der Waals surface area contributed by atoms with Crippen molar-refractivity contribution in [3.05, 3.63) is 127 Å². The van der Waals surface area contributed by atoms with Crippen LogP contribution in [0.4, 0.5) is 0 Å². The van der Waals surface area contributed by atoms with E-state index in [-0.39, 0.29) is 37.1 Å². The van der Waals surface area contributed by atoms with Crippen molar-refractivity contribution in [3.8, 4) is 0 Å². The van der Waals surface area contributed by atoms with Crippen LogP contribution in [0.2, 0.25) is 0 Å². The largest absolute Gasteiger partial charge is 0.619 e. The summed E-state index contributed by atoms with van der Waals surface area (Å²) in [6.07, 6.45) is 11.3. The van der Waals surface area contributed by atoms with E-state index in [0.29, 0.717) is 10.8 Å². The second-order valence-electron chi connectivity index (χ2n) is 20.2. The lowest BCUT2D eigenvalue weighted by molar-refractivity contribution is -0.605. The maximum atomic E-state index is 10.2. The Labute approximate surface area is 401 Å². The molecule has 63 heavy (non-hydrogen) atoms. The summed E-state index contributed by atoms with van der Waals surface area (Å²) in [6.45, 7) is 54.4. The van der Waals surface area contributed by atoms with Crippen LogP contribution in [-0.2, 0) is 5.41 Å². The van der Waals surface area contributed by atoms with E-state index in [1.54, 1.807) is 49.1 Å². The lowest BCUT2D eigenvalue weighted by atomic mass is 9.87. The Hall–Kier alpha value is -3.60. The van der Waals surface area contributed by atoms with Gasteiger partial charge in [-0.15, -0.1) is 0 Å². The number of aromatic nitrogens is 4. The van der Waals surface area contributed by atoms with Crippen LogP contribution >= 0.6 is 0 Å². The van der Waals surface area contributed by atoms with E-state index in [1.165, 1.54) is 24.3 Å². The van der Waals surface area contributed by atoms with Gasteiger partial charge in [-0.25, -0.2) is 9.97 Å². The summed E-state index contributed by atoms with van der Waals surface area (Å²) in [5, 5.41) is 10.2. The highest BCUT2D eigenvalue weighted by Crippen LogP contribution is 2.20. The summed E-state index contributed by atoms with van der Waals surface area (Å²) in [6, 6.07) is 23.2. The first-order valence-corrected chi connectivity index (χ1v) is 21.6. The van der Waals surface area contributed by atoms with Crippen LogP contribution in [0, 0.1) is 46.1 Å². The van der Waals surface area contributed by atoms with Crippen molar-refractivity contribution in [2.24, 2.45) is 40.9 Å². The lowest BCUT2D eigenvalue weighted by Gasteiger charge is -2.18. The van der Waals surface area contributed by atoms with Gasteiger partial charge in [-0.1, -0.05) is 253 Å². The molecule has 378 valence electrons. The standard InChI is InChI=1S/C10H14.C5H5NO.C5H5N.C5H12.C4H4N2.6C4H10.5CH4/c1-10(2,3)9-7-5-4-6-8-9;7-6-4-2-1-3-5-6;1-2-4-6-5-3-1;1-5(2,3)4;1-2-5-4-6-3-1;6*1-4(2)3;;;;;/h4-8H,1-3H3;1-5H;1-5H;1-4H3;1-4H;6*4H,1-3H3;5*1H4. The maximum absolute atomic E-state index is 10.2. The predicted octanol–water partition coefficient (Wildman–Crippen LogP) is 20.1. The molecule has 0 spiro atoms. The van der Waals surface area contributed by atoms with Crippen LogP contribution in [0.1, 0.15) is 216 Å². The number of nitrogens with zero attached hydrogens (tertiary/aromatic N) is 4. The van der Waals surface area contributed by atoms with Gasteiger partial charge in [0.25, 0.3) is 0 Å². The minimum Gasteiger partial charge on any atom is -0.619 e. The molecule has 0 aliphatic rings. The van der Waals surface area contributed by atoms with Crippen molar-refractivity contribution >= 4 is 0 Å². The summed E-state index contributed by atoms with van der Waals surface area (Å²) in [5.74, 6) is 5.00. The molecule has 3 heterocycles. The molecule has 5 nitrogen and oxygen atoms in total. The Morgan fingerprint density at radius 1 is 0.365 bits per heavy atom. The zero-order chi connectivity index (χ0) is 47.2. The van der Waals surface area contributed by atoms with Crippen LogP contribution < -0.4 is 4.73 Å². The molecule has 3 aromatic heterocycles. The van der Waals surface area contributed by atoms with Crippen molar-refractivity contribution in [2.75, 3.05) is 0 Å². The fraction of sp³-hybridized carbons (Fsp3) is 0.655. The van der Waals surface area contributed by atoms with Gasteiger partial charge in [-0.2, -0.15) is 4.73 Å². The lowest BCUT2D eigenvalue weighted by Crippen LogP contribution is -2.22. The van der Waals surface area contributed by atoms with Crippen molar-refractivity contribution in [1.82, 2.24) is 15.0 Å². The molecule has 1 aromatic carbocycles. The van der Waals surface area contributed by atoms with E-state index >= 15 is 0 Å². The highest BCUT2D eigenvalue weighted by molar-refractivity contribution is 5.22. The second kappa shape index (κ2) is 65.0. The first kappa shape index (κ1) is 90.2. The smallest absolute Gasteiger partial charge is 0.180 e. The van der Waals surface area contributed by atoms with Crippen LogP contribution in [0.15, 0.2) is 116 Å². The van der Waals surface area contributed by atoms with Gasteiger partial charge < -0.3 is 5.21 Å². The van der Waals surface area contributed by atoms with E-state index < -0.39 is 0 Å². The van der Waals surface area contributed by atoms with E-state index in [9.17, 15) is 5.21 Å². The summed E-state index contributed by atoms with van der Waals surface area (Å²) in [5.41, 5.74) is 2.19. The summed E-state index contributed by atoms with van der Waals surface area (Å²) < 4.78 is 0.750. The molecule has 4 rings (SSSR count). The zero-order valence-electron chi connectivity index (χ0n) is 43.1. The van der Waals surface area contributed by atoms with E-state index in [4.69, 9.17) is 0 Å². The molecular formula is C58H120N4O. The number of rotatable bonds is 0. The fourth-order valence-electron chi connectivity index (χ4n) is 1.89. The molecular weight excluding hydrogens is 769 g/mol. The van der Waals surface area contributed by atoms with Crippen LogP contribution in [-0.4, -0.2) is 15.0 Å². The second-order valence-corrected chi connectivity index (χ2v) is 20.2. The molecule has 4 aromatic rings. The third-order valence-corrected chi connectivity index (χ3v) is 3.37. The van der Waals surface area contributed by atoms with Crippen LogP contribution in [0.3, 0.4) is 0 Å². The summed E-state index contributed by atoms with van der Waals surface area (Å²) in [7, 11) is 0. The minimum atomic E-state index is 0. The molecule has 0 atom stereocenters. The molecule has 0 aliphatic carbocycles. The fourth-order valence-corrected chi connectivity index (χ4v) is 1.89. The Balaban J connectivity index is -0.0000000458. The molecule has 0 bridgehead atoms. The average Bonchev–Trinajstić information content (AvgIpc) is 3.05. The van der Waals surface area contributed by atoms with E-state index in [2.05, 4.69) is 218 Å². The Kier molecular flexibility index (Phi) is 93.1. The van der Waals surface area contributed by atoms with Gasteiger partial charge in [0.1, 0.15) is 6.33 Å². The van der Waals surface area contributed by atoms with E-state index in [0.717, 1.165) is 40.2 Å². The van der Waals surface area contributed by atoms with Crippen LogP contribution in [0.25, 0.3) is 0 Å². The molecule has 0 unspecified atom stereocenters. The Bertz CT molecular complexity index is 1050. The summed E-state index contributed by atoms with van der Waals surface area (Å²) in [4.78, 5) is 11.1. The van der Waals surface area contributed by atoms with Crippen LogP contribution in [0.5, 0.6) is 0 Å². The van der Waals surface area contributed by atoms with Gasteiger partial charge in [-0.05, 0) is 70.1 Å². The third-order valence-electron chi connectivity index (χ3n) is 3.37. The molecule has 5 heteroatoms. The molecule has 0 saturated heterocycles. The topological polar surface area (TPSA) is 65.6 Å². The molecule has 0 amide bonds. The number of pyridine rings is 2. The average molecular weight is 890 g/mol. The highest BCUT2D eigenvalue weighted by atomic mass is 16.5. The number of benzene rings is 1. The maximum Gasteiger partial charge on any atom is 0.180 e. The SMILES string of the molecule is C.C.C.C.C.CC(C)(C)C.CC(C)(C)c1ccccc1.CC(C)C.CC(C)C.CC(C)C.CC(C)C.CC(C)C.CC(C)C.[O-][n+]1ccccc1.c1ccncc1.c1cncnc1. The van der Waals surface area contributed by atoms with Crippen molar-refractivity contribution in [3.63, 3.8) is 0 Å². The van der Waals surface area contributed by atoms with Gasteiger partial charge in [-0.3, -0.25) is 4.98 Å². The first-order valence-electron chi connectivity index (χ1n) is 21.6. The van der Waals surface area contributed by atoms with Gasteiger partial charge in [0, 0.05) is 36.9 Å². The van der Waals surface area contributed by atoms with Crippen molar-refractivity contribution in [2.45, 2.75) is 216 Å². The molecule has 0 N–H and O–H groups in total. The van der Waals surface area contributed by atoms with Crippen molar-refractivity contribution in [1.29, 1.82) is 0 Å². The first-order chi connectivity index (χ1) is 26.4. The van der Waals surface area contributed by atoms with Crippen molar-refractivity contribution < 1.29 is 4.73 Å². The predicted molar refractivity (Wildman–Crippen MR) is 299 cm³/mol. The quantitative estimate of drug-likeness (QED) is 0.130. The van der Waals surface area contributed by atoms with Gasteiger partial charge in [0.05, 0.1) is 0 Å². The number of hydrogen-bond acceptors (Lipinski definition) is 4. The molecule has 0 aliphatic heterocycles. The van der Waals surface area contributed by atoms with Gasteiger partial charge in [0.15, 0.2) is 12.4 Å². The third kappa shape index (κ3) is 201. The van der Waals surface area contributed by atoms with Gasteiger partial charge >= 0.3 is 0 Å². The zero-order valence-corrected chi connectivity index (χ0v) is 43.1. The Morgan fingerprint density at radius 2 is 0.587 bits per heavy atom. The van der Waals surface area contributed by atoms with Gasteiger partial charge in [0.2, 0.25) is 0 Å². The molecule has 0 radical (unpaired) electrons. The normalized spacial score (nSPS) is 8.68. The number of hydrogen-bond donors (Lipinski definition) is 0. The highest BCUT2D eigenvalue weighted by Gasteiger charge is 2.11. The minimum absolute atomic E-state index is 0.